The van der Waals surface area contributed by atoms with Crippen LogP contribution in [0, 0.1) is 0 Å². The van der Waals surface area contributed by atoms with Crippen LogP contribution < -0.4 is 20.1 Å². The molecule has 32 heavy (non-hydrogen) atoms. The molecule has 2 aliphatic rings. The Hall–Kier alpha value is -2.28. The van der Waals surface area contributed by atoms with Crippen molar-refractivity contribution in [3.05, 3.63) is 12.1 Å². The average molecular weight is 442 g/mol. The zero-order valence-electron chi connectivity index (χ0n) is 19.8. The van der Waals surface area contributed by atoms with Crippen LogP contribution in [-0.2, 0) is 0 Å². The molecule has 0 spiro atoms. The van der Waals surface area contributed by atoms with Crippen LogP contribution in [0.1, 0.15) is 64.2 Å². The van der Waals surface area contributed by atoms with Gasteiger partial charge in [0.2, 0.25) is 5.95 Å². The number of aromatic nitrogens is 2. The first-order valence-electron chi connectivity index (χ1n) is 12.4. The molecule has 0 unspecified atom stereocenters. The van der Waals surface area contributed by atoms with Crippen LogP contribution in [0.4, 0.5) is 11.8 Å². The normalized spacial score (nSPS) is 17.6. The number of ether oxygens (including phenoxy) is 2. The minimum atomic E-state index is 0.458. The molecule has 7 nitrogen and oxygen atoms in total. The summed E-state index contributed by atoms with van der Waals surface area (Å²) in [6, 6.07) is 4.39. The van der Waals surface area contributed by atoms with E-state index in [2.05, 4.69) is 15.5 Å². The van der Waals surface area contributed by atoms with Crippen LogP contribution in [0.2, 0.25) is 0 Å². The first kappa shape index (κ1) is 22.9. The number of nitrogens with zero attached hydrogens (tertiary/aromatic N) is 3. The second kappa shape index (κ2) is 11.5. The van der Waals surface area contributed by atoms with Gasteiger partial charge in [0.25, 0.3) is 0 Å². The highest BCUT2D eigenvalue weighted by molar-refractivity contribution is 5.92. The van der Waals surface area contributed by atoms with Crippen molar-refractivity contribution in [3.63, 3.8) is 0 Å². The Labute approximate surface area is 192 Å². The Balaban J connectivity index is 1.44. The molecule has 2 aromatic rings. The fraction of sp³-hybridized carbons (Fsp3) is 0.680. The van der Waals surface area contributed by atoms with Crippen LogP contribution in [0.15, 0.2) is 12.1 Å². The summed E-state index contributed by atoms with van der Waals surface area (Å²) in [7, 11) is 3.32. The molecular formula is C25H39N5O2. The highest BCUT2D eigenvalue weighted by Crippen LogP contribution is 2.35. The molecule has 2 heterocycles. The standard InChI is InChI=1S/C25H39N5O2/c1-31-22-17-20-21(18-23(22)32-2)28-25(27-19-11-5-3-6-12-19)29-24(20)26-13-7-4-8-14-30-15-9-10-16-30/h17-19H,3-16H2,1-2H3,(H2,26,27,28,29). The van der Waals surface area contributed by atoms with Crippen molar-refractivity contribution in [2.75, 3.05) is 51.0 Å². The molecule has 7 heteroatoms. The van der Waals surface area contributed by atoms with Crippen molar-refractivity contribution in [3.8, 4) is 11.5 Å². The van der Waals surface area contributed by atoms with Crippen molar-refractivity contribution >= 4 is 22.7 Å². The lowest BCUT2D eigenvalue weighted by molar-refractivity contribution is 0.329. The molecular weight excluding hydrogens is 402 g/mol. The van der Waals surface area contributed by atoms with Gasteiger partial charge < -0.3 is 25.0 Å². The molecule has 1 aliphatic carbocycles. The van der Waals surface area contributed by atoms with E-state index in [1.807, 2.05) is 12.1 Å². The smallest absolute Gasteiger partial charge is 0.225 e. The molecule has 0 bridgehead atoms. The molecule has 2 N–H and O–H groups in total. The fourth-order valence-corrected chi connectivity index (χ4v) is 4.93. The number of methoxy groups -OCH3 is 2. The maximum Gasteiger partial charge on any atom is 0.225 e. The van der Waals surface area contributed by atoms with Crippen molar-refractivity contribution in [1.82, 2.24) is 14.9 Å². The van der Waals surface area contributed by atoms with Gasteiger partial charge in [0.05, 0.1) is 19.7 Å². The number of unbranched alkanes of at least 4 members (excludes halogenated alkanes) is 2. The summed E-state index contributed by atoms with van der Waals surface area (Å²) in [6.07, 6.45) is 12.6. The molecule has 1 saturated carbocycles. The van der Waals surface area contributed by atoms with Crippen LogP contribution in [0.3, 0.4) is 0 Å². The zero-order valence-corrected chi connectivity index (χ0v) is 19.8. The minimum Gasteiger partial charge on any atom is -0.493 e. The van der Waals surface area contributed by atoms with E-state index < -0.39 is 0 Å². The first-order valence-corrected chi connectivity index (χ1v) is 12.4. The first-order chi connectivity index (χ1) is 15.8. The summed E-state index contributed by atoms with van der Waals surface area (Å²) in [5, 5.41) is 8.13. The molecule has 1 aromatic heterocycles. The molecule has 176 valence electrons. The third-order valence-electron chi connectivity index (χ3n) is 6.78. The van der Waals surface area contributed by atoms with Gasteiger partial charge in [0, 0.05) is 24.0 Å². The lowest BCUT2D eigenvalue weighted by atomic mass is 9.96. The zero-order chi connectivity index (χ0) is 22.2. The second-order valence-corrected chi connectivity index (χ2v) is 9.14. The van der Waals surface area contributed by atoms with Gasteiger partial charge in [-0.15, -0.1) is 0 Å². The van der Waals surface area contributed by atoms with Gasteiger partial charge in [-0.2, -0.15) is 4.98 Å². The highest BCUT2D eigenvalue weighted by atomic mass is 16.5. The number of fused-ring (bicyclic) bond motifs is 1. The van der Waals surface area contributed by atoms with E-state index in [-0.39, 0.29) is 0 Å². The van der Waals surface area contributed by atoms with Gasteiger partial charge in [-0.1, -0.05) is 25.7 Å². The summed E-state index contributed by atoms with van der Waals surface area (Å²) in [6.45, 7) is 4.71. The Morgan fingerprint density at radius 2 is 1.66 bits per heavy atom. The van der Waals surface area contributed by atoms with Gasteiger partial charge in [-0.25, -0.2) is 4.98 Å². The molecule has 0 radical (unpaired) electrons. The summed E-state index contributed by atoms with van der Waals surface area (Å²) >= 11 is 0. The number of nitrogens with one attached hydrogen (secondary N) is 2. The summed E-state index contributed by atoms with van der Waals surface area (Å²) < 4.78 is 11.0. The molecule has 0 amide bonds. The van der Waals surface area contributed by atoms with Crippen LogP contribution in [0.5, 0.6) is 11.5 Å². The molecule has 1 saturated heterocycles. The van der Waals surface area contributed by atoms with Crippen LogP contribution in [-0.4, -0.2) is 61.3 Å². The highest BCUT2D eigenvalue weighted by Gasteiger charge is 2.17. The predicted molar refractivity (Wildman–Crippen MR) is 131 cm³/mol. The third kappa shape index (κ3) is 5.94. The number of hydrogen-bond donors (Lipinski definition) is 2. The second-order valence-electron chi connectivity index (χ2n) is 9.14. The van der Waals surface area contributed by atoms with Crippen molar-refractivity contribution in [2.45, 2.75) is 70.3 Å². The van der Waals surface area contributed by atoms with Gasteiger partial charge >= 0.3 is 0 Å². The average Bonchev–Trinajstić information content (AvgIpc) is 3.34. The van der Waals surface area contributed by atoms with Crippen molar-refractivity contribution in [2.24, 2.45) is 0 Å². The largest absolute Gasteiger partial charge is 0.493 e. The van der Waals surface area contributed by atoms with E-state index in [0.717, 1.165) is 29.7 Å². The minimum absolute atomic E-state index is 0.458. The molecule has 1 aromatic carbocycles. The summed E-state index contributed by atoms with van der Waals surface area (Å²) in [5.74, 6) is 2.96. The number of anilines is 2. The fourth-order valence-electron chi connectivity index (χ4n) is 4.93. The van der Waals surface area contributed by atoms with Gasteiger partial charge in [0.1, 0.15) is 5.82 Å². The Bertz CT molecular complexity index is 863. The number of benzene rings is 1. The van der Waals surface area contributed by atoms with Crippen molar-refractivity contribution < 1.29 is 9.47 Å². The Morgan fingerprint density at radius 3 is 2.41 bits per heavy atom. The quantitative estimate of drug-likeness (QED) is 0.472. The topological polar surface area (TPSA) is 71.5 Å². The van der Waals surface area contributed by atoms with Gasteiger partial charge in [-0.3, -0.25) is 0 Å². The molecule has 4 rings (SSSR count). The maximum absolute atomic E-state index is 5.53. The van der Waals surface area contributed by atoms with E-state index in [4.69, 9.17) is 19.4 Å². The Morgan fingerprint density at radius 1 is 0.906 bits per heavy atom. The van der Waals surface area contributed by atoms with Crippen LogP contribution >= 0.6 is 0 Å². The van der Waals surface area contributed by atoms with E-state index in [1.54, 1.807) is 14.2 Å². The predicted octanol–water partition coefficient (Wildman–Crippen LogP) is 5.07. The maximum atomic E-state index is 5.53. The molecule has 0 atom stereocenters. The number of rotatable bonds is 11. The van der Waals surface area contributed by atoms with E-state index in [0.29, 0.717) is 23.5 Å². The third-order valence-corrected chi connectivity index (χ3v) is 6.78. The SMILES string of the molecule is COc1cc2nc(NC3CCCCC3)nc(NCCCCCN3CCCC3)c2cc1OC. The molecule has 1 aliphatic heterocycles. The number of likely N-dealkylation sites (tertiary alicyclic amines) is 1. The van der Waals surface area contributed by atoms with E-state index in [1.165, 1.54) is 77.4 Å². The van der Waals surface area contributed by atoms with Crippen LogP contribution in [0.25, 0.3) is 10.9 Å². The van der Waals surface area contributed by atoms with Gasteiger partial charge in [-0.05, 0) is 64.2 Å². The summed E-state index contributed by atoms with van der Waals surface area (Å²) in [5.41, 5.74) is 0.868. The van der Waals surface area contributed by atoms with E-state index >= 15 is 0 Å². The summed E-state index contributed by atoms with van der Waals surface area (Å²) in [4.78, 5) is 12.3. The van der Waals surface area contributed by atoms with E-state index in [9.17, 15) is 0 Å². The lowest BCUT2D eigenvalue weighted by Gasteiger charge is -2.23. The van der Waals surface area contributed by atoms with Gasteiger partial charge in [0.15, 0.2) is 11.5 Å². The van der Waals surface area contributed by atoms with Crippen molar-refractivity contribution in [1.29, 1.82) is 0 Å². The Kier molecular flexibility index (Phi) is 8.26. The number of hydrogen-bond acceptors (Lipinski definition) is 7. The lowest BCUT2D eigenvalue weighted by Crippen LogP contribution is -2.23. The monoisotopic (exact) mass is 441 g/mol. The molecule has 2 fully saturated rings.